The highest BCUT2D eigenvalue weighted by molar-refractivity contribution is 5.97. The summed E-state index contributed by atoms with van der Waals surface area (Å²) in [6.45, 7) is 5.83. The molecule has 2 saturated heterocycles. The number of hydrogen-bond donors (Lipinski definition) is 2. The predicted octanol–water partition coefficient (Wildman–Crippen LogP) is 3.04. The average Bonchev–Trinajstić information content (AvgIpc) is 3.46. The summed E-state index contributed by atoms with van der Waals surface area (Å²) in [5.74, 6) is -0.107. The van der Waals surface area contributed by atoms with Crippen LogP contribution in [0.5, 0.6) is 5.88 Å². The van der Waals surface area contributed by atoms with E-state index in [-0.39, 0.29) is 23.7 Å². The van der Waals surface area contributed by atoms with Gasteiger partial charge in [0.1, 0.15) is 11.9 Å². The Morgan fingerprint density at radius 1 is 1.03 bits per heavy atom. The number of halogens is 1. The van der Waals surface area contributed by atoms with E-state index in [0.29, 0.717) is 55.3 Å². The molecule has 0 bridgehead atoms. The van der Waals surface area contributed by atoms with E-state index in [1.807, 2.05) is 19.1 Å². The minimum absolute atomic E-state index is 0.0105. The number of carbonyl (C=O) groups excluding carboxylic acids is 2. The molecule has 3 heterocycles. The van der Waals surface area contributed by atoms with Gasteiger partial charge in [0.2, 0.25) is 5.88 Å². The number of nitrogens with zero attached hydrogens (tertiary/aromatic N) is 3. The third-order valence-electron chi connectivity index (χ3n) is 7.22. The molecule has 9 heteroatoms. The summed E-state index contributed by atoms with van der Waals surface area (Å²) < 4.78 is 19.7. The highest BCUT2D eigenvalue weighted by atomic mass is 19.1. The Morgan fingerprint density at radius 3 is 2.36 bits per heavy atom. The van der Waals surface area contributed by atoms with Crippen molar-refractivity contribution in [2.45, 2.75) is 25.9 Å². The molecule has 1 aromatic heterocycles. The van der Waals surface area contributed by atoms with E-state index >= 15 is 0 Å². The maximum Gasteiger partial charge on any atom is 0.255 e. The van der Waals surface area contributed by atoms with Crippen LogP contribution in [0.4, 0.5) is 4.39 Å². The van der Waals surface area contributed by atoms with E-state index in [1.54, 1.807) is 28.0 Å². The SMILES string of the molecule is Cc1cc(CCN)cc(C(=O)N2CCN(C(=O)c3cnc(O[C@H]4CCNC4)c(-c4ccc(F)cc4)c3)CC2)c1. The van der Waals surface area contributed by atoms with Crippen LogP contribution in [0, 0.1) is 12.7 Å². The Morgan fingerprint density at radius 2 is 1.72 bits per heavy atom. The molecule has 2 aliphatic heterocycles. The number of rotatable bonds is 7. The first kappa shape index (κ1) is 26.8. The Balaban J connectivity index is 1.30. The second kappa shape index (κ2) is 11.9. The number of nitrogens with one attached hydrogen (secondary N) is 1. The molecule has 1 atom stereocenters. The molecule has 5 rings (SSSR count). The Hall–Kier alpha value is -3.82. The molecule has 2 amide bonds. The first-order valence-corrected chi connectivity index (χ1v) is 13.4. The predicted molar refractivity (Wildman–Crippen MR) is 147 cm³/mol. The lowest BCUT2D eigenvalue weighted by Crippen LogP contribution is -2.50. The summed E-state index contributed by atoms with van der Waals surface area (Å²) in [7, 11) is 0. The minimum atomic E-state index is -0.338. The van der Waals surface area contributed by atoms with Crippen LogP contribution in [-0.2, 0) is 6.42 Å². The summed E-state index contributed by atoms with van der Waals surface area (Å²) in [5.41, 5.74) is 10.2. The summed E-state index contributed by atoms with van der Waals surface area (Å²) in [4.78, 5) is 34.7. The van der Waals surface area contributed by atoms with Crippen molar-refractivity contribution in [1.82, 2.24) is 20.1 Å². The second-order valence-electron chi connectivity index (χ2n) is 10.1. The minimum Gasteiger partial charge on any atom is -0.473 e. The third kappa shape index (κ3) is 6.26. The van der Waals surface area contributed by atoms with Crippen molar-refractivity contribution in [1.29, 1.82) is 0 Å². The molecule has 0 radical (unpaired) electrons. The van der Waals surface area contributed by atoms with Crippen LogP contribution in [0.15, 0.2) is 54.7 Å². The number of aromatic nitrogens is 1. The van der Waals surface area contributed by atoms with Gasteiger partial charge in [-0.3, -0.25) is 9.59 Å². The van der Waals surface area contributed by atoms with E-state index in [4.69, 9.17) is 10.5 Å². The molecular formula is C30H34FN5O3. The zero-order chi connectivity index (χ0) is 27.4. The van der Waals surface area contributed by atoms with Crippen molar-refractivity contribution in [3.8, 4) is 17.0 Å². The van der Waals surface area contributed by atoms with E-state index < -0.39 is 0 Å². The fourth-order valence-electron chi connectivity index (χ4n) is 5.16. The van der Waals surface area contributed by atoms with Crippen LogP contribution >= 0.6 is 0 Å². The molecule has 0 aliphatic carbocycles. The van der Waals surface area contributed by atoms with Crippen LogP contribution in [-0.4, -0.2) is 78.5 Å². The van der Waals surface area contributed by atoms with Gasteiger partial charge in [0, 0.05) is 50.0 Å². The highest BCUT2D eigenvalue weighted by Gasteiger charge is 2.27. The van der Waals surface area contributed by atoms with Gasteiger partial charge in [0.15, 0.2) is 0 Å². The lowest BCUT2D eigenvalue weighted by Gasteiger charge is -2.35. The summed E-state index contributed by atoms with van der Waals surface area (Å²) in [5, 5.41) is 3.27. The average molecular weight is 532 g/mol. The van der Waals surface area contributed by atoms with Gasteiger partial charge in [-0.1, -0.05) is 23.8 Å². The van der Waals surface area contributed by atoms with Crippen LogP contribution in [0.2, 0.25) is 0 Å². The Bertz CT molecular complexity index is 1330. The zero-order valence-electron chi connectivity index (χ0n) is 22.2. The fourth-order valence-corrected chi connectivity index (χ4v) is 5.16. The maximum absolute atomic E-state index is 13.6. The standard InChI is InChI=1S/C30H34FN5O3/c1-20-14-21(6-8-32)16-23(15-20)29(37)35-10-12-36(13-11-35)30(38)24-17-27(22-2-4-25(31)5-3-22)28(34-18-24)39-26-7-9-33-19-26/h2-5,14-18,26,33H,6-13,19,32H2,1H3/t26-/m0/s1. The normalized spacial score (nSPS) is 17.4. The molecule has 3 N–H and O–H groups in total. The molecule has 3 aromatic rings. The molecular weight excluding hydrogens is 497 g/mol. The Kier molecular flexibility index (Phi) is 8.18. The van der Waals surface area contributed by atoms with E-state index in [9.17, 15) is 14.0 Å². The summed E-state index contributed by atoms with van der Waals surface area (Å²) in [6.07, 6.45) is 3.12. The Labute approximate surface area is 228 Å². The van der Waals surface area contributed by atoms with Crippen LogP contribution < -0.4 is 15.8 Å². The molecule has 0 unspecified atom stereocenters. The van der Waals surface area contributed by atoms with Crippen LogP contribution in [0.1, 0.15) is 38.3 Å². The van der Waals surface area contributed by atoms with Crippen molar-refractivity contribution in [3.05, 3.63) is 82.8 Å². The number of amides is 2. The molecule has 2 aromatic carbocycles. The van der Waals surface area contributed by atoms with Crippen LogP contribution in [0.25, 0.3) is 11.1 Å². The van der Waals surface area contributed by atoms with Crippen molar-refractivity contribution >= 4 is 11.8 Å². The number of hydrogen-bond acceptors (Lipinski definition) is 6. The van der Waals surface area contributed by atoms with Gasteiger partial charge < -0.3 is 25.6 Å². The quantitative estimate of drug-likeness (QED) is 0.486. The van der Waals surface area contributed by atoms with Crippen molar-refractivity contribution in [2.24, 2.45) is 5.73 Å². The molecule has 2 aliphatic rings. The number of piperazine rings is 1. The highest BCUT2D eigenvalue weighted by Crippen LogP contribution is 2.31. The number of benzene rings is 2. The second-order valence-corrected chi connectivity index (χ2v) is 10.1. The van der Waals surface area contributed by atoms with Crippen molar-refractivity contribution < 1.29 is 18.7 Å². The molecule has 0 saturated carbocycles. The van der Waals surface area contributed by atoms with Gasteiger partial charge in [-0.2, -0.15) is 0 Å². The maximum atomic E-state index is 13.6. The molecule has 204 valence electrons. The van der Waals surface area contributed by atoms with E-state index in [0.717, 1.165) is 42.6 Å². The largest absolute Gasteiger partial charge is 0.473 e. The fraction of sp³-hybridized carbons (Fsp3) is 0.367. The van der Waals surface area contributed by atoms with Gasteiger partial charge in [0.05, 0.1) is 5.56 Å². The molecule has 0 spiro atoms. The monoisotopic (exact) mass is 531 g/mol. The van der Waals surface area contributed by atoms with Gasteiger partial charge in [-0.25, -0.2) is 9.37 Å². The molecule has 39 heavy (non-hydrogen) atoms. The lowest BCUT2D eigenvalue weighted by molar-refractivity contribution is 0.0535. The number of nitrogens with two attached hydrogens (primary N) is 1. The molecule has 8 nitrogen and oxygen atoms in total. The van der Waals surface area contributed by atoms with Crippen molar-refractivity contribution in [2.75, 3.05) is 45.8 Å². The zero-order valence-corrected chi connectivity index (χ0v) is 22.2. The number of pyridine rings is 1. The van der Waals surface area contributed by atoms with Gasteiger partial charge >= 0.3 is 0 Å². The lowest BCUT2D eigenvalue weighted by atomic mass is 10.0. The smallest absolute Gasteiger partial charge is 0.255 e. The number of aryl methyl sites for hydroxylation is 1. The van der Waals surface area contributed by atoms with E-state index in [1.165, 1.54) is 18.3 Å². The van der Waals surface area contributed by atoms with Crippen LogP contribution in [0.3, 0.4) is 0 Å². The van der Waals surface area contributed by atoms with Gasteiger partial charge in [-0.15, -0.1) is 0 Å². The number of ether oxygens (including phenoxy) is 1. The third-order valence-corrected chi connectivity index (χ3v) is 7.22. The number of carbonyl (C=O) groups is 2. The van der Waals surface area contributed by atoms with Gasteiger partial charge in [0.25, 0.3) is 11.8 Å². The first-order chi connectivity index (χ1) is 18.9. The molecule has 2 fully saturated rings. The van der Waals surface area contributed by atoms with E-state index in [2.05, 4.69) is 16.4 Å². The summed E-state index contributed by atoms with van der Waals surface area (Å²) in [6, 6.07) is 13.7. The van der Waals surface area contributed by atoms with Gasteiger partial charge in [-0.05, 0) is 74.3 Å². The van der Waals surface area contributed by atoms with Crippen molar-refractivity contribution in [3.63, 3.8) is 0 Å². The summed E-state index contributed by atoms with van der Waals surface area (Å²) >= 11 is 0. The topological polar surface area (TPSA) is 101 Å². The first-order valence-electron chi connectivity index (χ1n) is 13.4.